The van der Waals surface area contributed by atoms with Crippen LogP contribution >= 0.6 is 0 Å². The monoisotopic (exact) mass is 246 g/mol. The fourth-order valence-electron chi connectivity index (χ4n) is 2.31. The van der Waals surface area contributed by atoms with E-state index < -0.39 is 0 Å². The average Bonchev–Trinajstić information content (AvgIpc) is 2.89. The zero-order chi connectivity index (χ0) is 12.2. The Kier molecular flexibility index (Phi) is 3.48. The van der Waals surface area contributed by atoms with Crippen molar-refractivity contribution in [3.63, 3.8) is 0 Å². The summed E-state index contributed by atoms with van der Waals surface area (Å²) in [6, 6.07) is 8.16. The van der Waals surface area contributed by atoms with Gasteiger partial charge >= 0.3 is 0 Å². The van der Waals surface area contributed by atoms with Crippen molar-refractivity contribution in [3.8, 4) is 0 Å². The molecule has 4 heteroatoms. The number of rotatable bonds is 4. The maximum absolute atomic E-state index is 5.50. The minimum Gasteiger partial charge on any atom is -0.462 e. The molecule has 1 aliphatic heterocycles. The highest BCUT2D eigenvalue weighted by atomic mass is 16.5. The molecule has 0 saturated carbocycles. The molecule has 3 rings (SSSR count). The van der Waals surface area contributed by atoms with Crippen molar-refractivity contribution < 1.29 is 9.15 Å². The van der Waals surface area contributed by atoms with Crippen LogP contribution < -0.4 is 5.32 Å². The normalized spacial score (nSPS) is 17.1. The van der Waals surface area contributed by atoms with E-state index in [1.165, 1.54) is 0 Å². The molecule has 4 nitrogen and oxygen atoms in total. The number of anilines is 1. The highest BCUT2D eigenvalue weighted by molar-refractivity contribution is 5.88. The number of benzene rings is 1. The zero-order valence-electron chi connectivity index (χ0n) is 10.4. The van der Waals surface area contributed by atoms with Gasteiger partial charge in [-0.1, -0.05) is 12.1 Å². The fraction of sp³-hybridized carbons (Fsp3) is 0.429. The summed E-state index contributed by atoms with van der Waals surface area (Å²) in [5, 5.41) is 4.59. The van der Waals surface area contributed by atoms with Crippen LogP contribution in [0, 0.1) is 0 Å². The Labute approximate surface area is 107 Å². The molecule has 1 saturated heterocycles. The molecular weight excluding hydrogens is 228 g/mol. The summed E-state index contributed by atoms with van der Waals surface area (Å²) in [7, 11) is 0. The number of hydrogen-bond acceptors (Lipinski definition) is 4. The molecule has 1 aromatic carbocycles. The van der Waals surface area contributed by atoms with E-state index >= 15 is 0 Å². The van der Waals surface area contributed by atoms with Gasteiger partial charge in [-0.2, -0.15) is 0 Å². The molecule has 2 aromatic rings. The maximum Gasteiger partial charge on any atom is 0.156 e. The molecule has 1 N–H and O–H groups in total. The molecule has 18 heavy (non-hydrogen) atoms. The van der Waals surface area contributed by atoms with Gasteiger partial charge in [-0.15, -0.1) is 0 Å². The lowest BCUT2D eigenvalue weighted by molar-refractivity contribution is 0.0398. The number of nitrogens with zero attached hydrogens (tertiary/aromatic N) is 1. The van der Waals surface area contributed by atoms with Crippen molar-refractivity contribution in [2.45, 2.75) is 0 Å². The standard InChI is InChI=1S/C14H18N2O2/c1-2-12-4-9-18-14(12)13(3-1)15-5-6-16-7-10-17-11-8-16/h1-4,9,15H,5-8,10-11H2. The van der Waals surface area contributed by atoms with Gasteiger partial charge in [0, 0.05) is 31.6 Å². The molecule has 0 aliphatic carbocycles. The van der Waals surface area contributed by atoms with E-state index in [-0.39, 0.29) is 0 Å². The second kappa shape index (κ2) is 5.42. The van der Waals surface area contributed by atoms with Crippen molar-refractivity contribution in [2.75, 3.05) is 44.7 Å². The van der Waals surface area contributed by atoms with Gasteiger partial charge in [-0.05, 0) is 12.1 Å². The first-order valence-electron chi connectivity index (χ1n) is 6.44. The molecule has 0 bridgehead atoms. The van der Waals surface area contributed by atoms with Crippen LogP contribution in [-0.2, 0) is 4.74 Å². The Bertz CT molecular complexity index is 503. The lowest BCUT2D eigenvalue weighted by Gasteiger charge is -2.26. The third-order valence-corrected chi connectivity index (χ3v) is 3.33. The van der Waals surface area contributed by atoms with E-state index in [0.29, 0.717) is 0 Å². The molecule has 0 spiro atoms. The van der Waals surface area contributed by atoms with Crippen molar-refractivity contribution in [1.29, 1.82) is 0 Å². The van der Waals surface area contributed by atoms with Gasteiger partial charge in [0.2, 0.25) is 0 Å². The minimum atomic E-state index is 0.855. The Morgan fingerprint density at radius 1 is 1.17 bits per heavy atom. The van der Waals surface area contributed by atoms with Gasteiger partial charge in [-0.25, -0.2) is 0 Å². The lowest BCUT2D eigenvalue weighted by Crippen LogP contribution is -2.39. The van der Waals surface area contributed by atoms with Crippen LogP contribution in [0.25, 0.3) is 11.0 Å². The van der Waals surface area contributed by atoms with E-state index in [1.807, 2.05) is 6.07 Å². The van der Waals surface area contributed by atoms with E-state index in [2.05, 4.69) is 28.4 Å². The Morgan fingerprint density at radius 2 is 2.06 bits per heavy atom. The van der Waals surface area contributed by atoms with E-state index in [4.69, 9.17) is 9.15 Å². The minimum absolute atomic E-state index is 0.855. The SMILES string of the molecule is c1cc(NCCN2CCOCC2)c2occc2c1. The third kappa shape index (κ3) is 2.49. The summed E-state index contributed by atoms with van der Waals surface area (Å²) in [6.07, 6.45) is 1.73. The topological polar surface area (TPSA) is 37.6 Å². The number of furan rings is 1. The quantitative estimate of drug-likeness (QED) is 0.897. The highest BCUT2D eigenvalue weighted by Gasteiger charge is 2.09. The highest BCUT2D eigenvalue weighted by Crippen LogP contribution is 2.23. The Balaban J connectivity index is 1.57. The summed E-state index contributed by atoms with van der Waals surface area (Å²) in [6.45, 7) is 5.75. The van der Waals surface area contributed by atoms with Gasteiger partial charge in [0.15, 0.2) is 5.58 Å². The van der Waals surface area contributed by atoms with Crippen LogP contribution in [-0.4, -0.2) is 44.3 Å². The summed E-state index contributed by atoms with van der Waals surface area (Å²) < 4.78 is 10.8. The predicted octanol–water partition coefficient (Wildman–Crippen LogP) is 2.18. The molecule has 0 atom stereocenters. The molecule has 2 heterocycles. The van der Waals surface area contributed by atoms with Gasteiger partial charge in [0.1, 0.15) is 0 Å². The first kappa shape index (κ1) is 11.6. The molecule has 1 fully saturated rings. The molecule has 1 aliphatic rings. The molecular formula is C14H18N2O2. The number of nitrogens with one attached hydrogen (secondary N) is 1. The van der Waals surface area contributed by atoms with Gasteiger partial charge in [0.05, 0.1) is 25.2 Å². The number of ether oxygens (including phenoxy) is 1. The number of fused-ring (bicyclic) bond motifs is 1. The number of morpholine rings is 1. The van der Waals surface area contributed by atoms with Crippen molar-refractivity contribution in [2.24, 2.45) is 0 Å². The largest absolute Gasteiger partial charge is 0.462 e. The summed E-state index contributed by atoms with van der Waals surface area (Å²) in [5.74, 6) is 0. The van der Waals surface area contributed by atoms with Crippen LogP contribution in [0.5, 0.6) is 0 Å². The van der Waals surface area contributed by atoms with E-state index in [1.54, 1.807) is 6.26 Å². The van der Waals surface area contributed by atoms with Gasteiger partial charge in [-0.3, -0.25) is 4.90 Å². The summed E-state index contributed by atoms with van der Waals surface area (Å²) >= 11 is 0. The first-order chi connectivity index (χ1) is 8.93. The lowest BCUT2D eigenvalue weighted by atomic mass is 10.2. The van der Waals surface area contributed by atoms with Crippen molar-refractivity contribution in [3.05, 3.63) is 30.5 Å². The molecule has 96 valence electrons. The van der Waals surface area contributed by atoms with Gasteiger partial charge in [0.25, 0.3) is 0 Å². The average molecular weight is 246 g/mol. The third-order valence-electron chi connectivity index (χ3n) is 3.33. The maximum atomic E-state index is 5.50. The van der Waals surface area contributed by atoms with Gasteiger partial charge < -0.3 is 14.5 Å². The second-order valence-electron chi connectivity index (χ2n) is 4.53. The molecule has 1 aromatic heterocycles. The summed E-state index contributed by atoms with van der Waals surface area (Å²) in [5.41, 5.74) is 2.02. The summed E-state index contributed by atoms with van der Waals surface area (Å²) in [4.78, 5) is 2.42. The Morgan fingerprint density at radius 3 is 2.94 bits per heavy atom. The predicted molar refractivity (Wildman–Crippen MR) is 72.0 cm³/mol. The van der Waals surface area contributed by atoms with Crippen molar-refractivity contribution >= 4 is 16.7 Å². The van der Waals surface area contributed by atoms with E-state index in [0.717, 1.165) is 56.0 Å². The van der Waals surface area contributed by atoms with Crippen LogP contribution in [0.1, 0.15) is 0 Å². The fourth-order valence-corrected chi connectivity index (χ4v) is 2.31. The van der Waals surface area contributed by atoms with E-state index in [9.17, 15) is 0 Å². The number of hydrogen-bond donors (Lipinski definition) is 1. The second-order valence-corrected chi connectivity index (χ2v) is 4.53. The Hall–Kier alpha value is -1.52. The van der Waals surface area contributed by atoms with Crippen LogP contribution in [0.2, 0.25) is 0 Å². The first-order valence-corrected chi connectivity index (χ1v) is 6.44. The van der Waals surface area contributed by atoms with Crippen molar-refractivity contribution in [1.82, 2.24) is 4.90 Å². The van der Waals surface area contributed by atoms with Crippen LogP contribution in [0.3, 0.4) is 0 Å². The zero-order valence-corrected chi connectivity index (χ0v) is 10.4. The molecule has 0 unspecified atom stereocenters. The van der Waals surface area contributed by atoms with Crippen LogP contribution in [0.4, 0.5) is 5.69 Å². The molecule has 0 radical (unpaired) electrons. The smallest absolute Gasteiger partial charge is 0.156 e. The van der Waals surface area contributed by atoms with Crippen LogP contribution in [0.15, 0.2) is 34.9 Å². The number of para-hydroxylation sites is 1. The molecule has 0 amide bonds.